The maximum Gasteiger partial charge on any atom is 0.231 e. The van der Waals surface area contributed by atoms with Gasteiger partial charge in [-0.2, -0.15) is 10.2 Å². The van der Waals surface area contributed by atoms with E-state index in [9.17, 15) is 0 Å². The molecule has 1 aromatic carbocycles. The molecule has 0 bridgehead atoms. The molecule has 2 N–H and O–H groups in total. The van der Waals surface area contributed by atoms with Crippen LogP contribution in [0.15, 0.2) is 24.5 Å². The van der Waals surface area contributed by atoms with Crippen LogP contribution >= 0.6 is 0 Å². The fourth-order valence-electron chi connectivity index (χ4n) is 1.71. The molecule has 0 radical (unpaired) electrons. The smallest absolute Gasteiger partial charge is 0.231 e. The van der Waals surface area contributed by atoms with Gasteiger partial charge >= 0.3 is 0 Å². The predicted molar refractivity (Wildman–Crippen MR) is 81.4 cm³/mol. The van der Waals surface area contributed by atoms with E-state index in [4.69, 9.17) is 14.7 Å². The third-order valence-electron chi connectivity index (χ3n) is 2.73. The minimum absolute atomic E-state index is 0.379. The van der Waals surface area contributed by atoms with Crippen LogP contribution < -0.4 is 20.1 Å². The van der Waals surface area contributed by atoms with Crippen molar-refractivity contribution in [3.63, 3.8) is 0 Å². The number of methoxy groups -OCH3 is 2. The summed E-state index contributed by atoms with van der Waals surface area (Å²) in [6.45, 7) is 0.482. The van der Waals surface area contributed by atoms with Crippen molar-refractivity contribution < 1.29 is 9.47 Å². The van der Waals surface area contributed by atoms with Gasteiger partial charge in [0.25, 0.3) is 0 Å². The van der Waals surface area contributed by atoms with Gasteiger partial charge in [-0.15, -0.1) is 0 Å². The Bertz CT molecular complexity index is 671. The number of nitrogens with one attached hydrogen (secondary N) is 2. The maximum absolute atomic E-state index is 8.51. The third kappa shape index (κ3) is 3.96. The Morgan fingerprint density at radius 1 is 1.14 bits per heavy atom. The Labute approximate surface area is 128 Å². The molecule has 8 nitrogen and oxygen atoms in total. The number of hydrogen-bond acceptors (Lipinski definition) is 8. The Hall–Kier alpha value is -3.08. The number of rotatable bonds is 7. The van der Waals surface area contributed by atoms with Crippen LogP contribution in [0.5, 0.6) is 11.5 Å². The van der Waals surface area contributed by atoms with Crippen LogP contribution in [0.1, 0.15) is 6.42 Å². The highest BCUT2D eigenvalue weighted by Gasteiger charge is 2.06. The van der Waals surface area contributed by atoms with E-state index in [0.29, 0.717) is 36.4 Å². The summed E-state index contributed by atoms with van der Waals surface area (Å²) in [5.41, 5.74) is 0.756. The second-order valence-electron chi connectivity index (χ2n) is 4.16. The van der Waals surface area contributed by atoms with Crippen molar-refractivity contribution >= 4 is 17.6 Å². The van der Waals surface area contributed by atoms with Crippen molar-refractivity contribution in [2.75, 3.05) is 31.4 Å². The molecule has 0 amide bonds. The van der Waals surface area contributed by atoms with Gasteiger partial charge in [0.1, 0.15) is 6.33 Å². The molecule has 0 spiro atoms. The van der Waals surface area contributed by atoms with Gasteiger partial charge in [0.15, 0.2) is 11.5 Å². The van der Waals surface area contributed by atoms with Crippen molar-refractivity contribution in [1.82, 2.24) is 15.0 Å². The van der Waals surface area contributed by atoms with Crippen LogP contribution in [-0.2, 0) is 0 Å². The highest BCUT2D eigenvalue weighted by Crippen LogP contribution is 2.30. The largest absolute Gasteiger partial charge is 0.493 e. The molecule has 8 heteroatoms. The van der Waals surface area contributed by atoms with Crippen molar-refractivity contribution in [2.45, 2.75) is 6.42 Å². The van der Waals surface area contributed by atoms with E-state index in [1.54, 1.807) is 26.4 Å². The molecule has 0 aliphatic rings. The highest BCUT2D eigenvalue weighted by molar-refractivity contribution is 5.60. The number of benzene rings is 1. The van der Waals surface area contributed by atoms with Crippen molar-refractivity contribution in [3.8, 4) is 17.6 Å². The second-order valence-corrected chi connectivity index (χ2v) is 4.16. The maximum atomic E-state index is 8.51. The topological polar surface area (TPSA) is 105 Å². The summed E-state index contributed by atoms with van der Waals surface area (Å²) in [7, 11) is 3.15. The Morgan fingerprint density at radius 2 is 1.91 bits per heavy atom. The van der Waals surface area contributed by atoms with Crippen molar-refractivity contribution in [2.24, 2.45) is 0 Å². The molecule has 1 aromatic heterocycles. The molecule has 0 atom stereocenters. The standard InChI is InChI=1S/C14H16N6O2/c1-21-11-5-4-10(8-12(11)22-2)19-14-18-9-17-13(20-14)16-7-3-6-15/h4-5,8-9H,3,7H2,1-2H3,(H2,16,17,18,19,20). The lowest BCUT2D eigenvalue weighted by atomic mass is 10.3. The molecule has 2 rings (SSSR count). The molecular formula is C14H16N6O2. The molecule has 114 valence electrons. The first-order valence-electron chi connectivity index (χ1n) is 6.55. The number of hydrogen-bond donors (Lipinski definition) is 2. The lowest BCUT2D eigenvalue weighted by Gasteiger charge is -2.10. The lowest BCUT2D eigenvalue weighted by molar-refractivity contribution is 0.355. The molecule has 0 unspecified atom stereocenters. The van der Waals surface area contributed by atoms with Crippen LogP contribution in [0.25, 0.3) is 0 Å². The highest BCUT2D eigenvalue weighted by atomic mass is 16.5. The van der Waals surface area contributed by atoms with E-state index in [1.807, 2.05) is 12.1 Å². The lowest BCUT2D eigenvalue weighted by Crippen LogP contribution is -2.07. The number of anilines is 3. The van der Waals surface area contributed by atoms with E-state index in [2.05, 4.69) is 25.6 Å². The number of nitrogens with zero attached hydrogens (tertiary/aromatic N) is 4. The molecule has 0 fully saturated rings. The quantitative estimate of drug-likeness (QED) is 0.748. The molecule has 1 heterocycles. The molecule has 0 aliphatic carbocycles. The number of aromatic nitrogens is 3. The molecule has 0 aliphatic heterocycles. The zero-order valence-corrected chi connectivity index (χ0v) is 12.3. The van der Waals surface area contributed by atoms with Gasteiger partial charge in [0.2, 0.25) is 11.9 Å². The van der Waals surface area contributed by atoms with E-state index < -0.39 is 0 Å². The predicted octanol–water partition coefficient (Wildman–Crippen LogP) is 1.96. The Balaban J connectivity index is 2.10. The summed E-state index contributed by atoms with van der Waals surface area (Å²) < 4.78 is 10.4. The van der Waals surface area contributed by atoms with Gasteiger partial charge < -0.3 is 20.1 Å². The Kier molecular flexibility index (Phi) is 5.31. The average Bonchev–Trinajstić information content (AvgIpc) is 2.55. The van der Waals surface area contributed by atoms with Crippen LogP contribution in [0.2, 0.25) is 0 Å². The first-order valence-corrected chi connectivity index (χ1v) is 6.55. The molecule has 2 aromatic rings. The molecule has 0 saturated heterocycles. The van der Waals surface area contributed by atoms with Crippen LogP contribution in [0.4, 0.5) is 17.6 Å². The van der Waals surface area contributed by atoms with Crippen LogP contribution in [0.3, 0.4) is 0 Å². The van der Waals surface area contributed by atoms with E-state index in [1.165, 1.54) is 6.33 Å². The average molecular weight is 300 g/mol. The van der Waals surface area contributed by atoms with Gasteiger partial charge in [-0.3, -0.25) is 0 Å². The fraction of sp³-hybridized carbons (Fsp3) is 0.286. The van der Waals surface area contributed by atoms with Crippen LogP contribution in [-0.4, -0.2) is 35.7 Å². The SMILES string of the molecule is COc1ccc(Nc2ncnc(NCCC#N)n2)cc1OC. The summed E-state index contributed by atoms with van der Waals surface area (Å²) in [6, 6.07) is 7.44. The molecule has 22 heavy (non-hydrogen) atoms. The first-order chi connectivity index (χ1) is 10.8. The summed E-state index contributed by atoms with van der Waals surface area (Å²) >= 11 is 0. The van der Waals surface area contributed by atoms with Crippen molar-refractivity contribution in [1.29, 1.82) is 5.26 Å². The summed E-state index contributed by atoms with van der Waals surface area (Å²) in [5, 5.41) is 14.5. The number of ether oxygens (including phenoxy) is 2. The minimum Gasteiger partial charge on any atom is -0.493 e. The fourth-order valence-corrected chi connectivity index (χ4v) is 1.71. The zero-order chi connectivity index (χ0) is 15.8. The van der Waals surface area contributed by atoms with Gasteiger partial charge in [-0.05, 0) is 12.1 Å². The van der Waals surface area contributed by atoms with Crippen LogP contribution in [0, 0.1) is 11.3 Å². The van der Waals surface area contributed by atoms with Gasteiger partial charge in [0, 0.05) is 18.3 Å². The van der Waals surface area contributed by atoms with E-state index >= 15 is 0 Å². The van der Waals surface area contributed by atoms with Crippen molar-refractivity contribution in [3.05, 3.63) is 24.5 Å². The normalized spacial score (nSPS) is 9.68. The zero-order valence-electron chi connectivity index (χ0n) is 12.3. The second kappa shape index (κ2) is 7.64. The van der Waals surface area contributed by atoms with Gasteiger partial charge in [-0.1, -0.05) is 0 Å². The van der Waals surface area contributed by atoms with E-state index in [0.717, 1.165) is 5.69 Å². The molecule has 0 saturated carbocycles. The monoisotopic (exact) mass is 300 g/mol. The minimum atomic E-state index is 0.379. The third-order valence-corrected chi connectivity index (χ3v) is 2.73. The summed E-state index contributed by atoms with van der Waals surface area (Å²) in [5.74, 6) is 2.05. The molecular weight excluding hydrogens is 284 g/mol. The summed E-state index contributed by atoms with van der Waals surface area (Å²) in [4.78, 5) is 12.2. The van der Waals surface area contributed by atoms with Gasteiger partial charge in [-0.25, -0.2) is 9.97 Å². The Morgan fingerprint density at radius 3 is 2.64 bits per heavy atom. The van der Waals surface area contributed by atoms with Gasteiger partial charge in [0.05, 0.1) is 26.7 Å². The van der Waals surface area contributed by atoms with E-state index in [-0.39, 0.29) is 0 Å². The number of nitriles is 1. The first kappa shape index (κ1) is 15.3. The summed E-state index contributed by atoms with van der Waals surface area (Å²) in [6.07, 6.45) is 1.77.